The molecule has 14 heteroatoms. The molecule has 0 fully saturated rings. The van der Waals surface area contributed by atoms with Gasteiger partial charge in [0, 0.05) is 0 Å². The highest BCUT2D eigenvalue weighted by Gasteiger charge is 2.32. The maximum atomic E-state index is 10.9. The van der Waals surface area contributed by atoms with E-state index in [-0.39, 0.29) is 0 Å². The lowest BCUT2D eigenvalue weighted by molar-refractivity contribution is -0.147. The maximum Gasteiger partial charge on any atom is 0.368 e. The summed E-state index contributed by atoms with van der Waals surface area (Å²) in [5, 5.41) is 8.01. The molecule has 0 saturated heterocycles. The monoisotopic (exact) mass is 315 g/mol. The molecular formula is C3H12NO10P3. The van der Waals surface area contributed by atoms with E-state index < -0.39 is 41.6 Å². The van der Waals surface area contributed by atoms with Gasteiger partial charge in [0.15, 0.2) is 0 Å². The molecule has 0 rings (SSSR count). The third-order valence-electron chi connectivity index (χ3n) is 1.27. The Labute approximate surface area is 95.4 Å². The van der Waals surface area contributed by atoms with Crippen LogP contribution in [-0.2, 0) is 18.4 Å². The predicted molar refractivity (Wildman–Crippen MR) is 54.1 cm³/mol. The van der Waals surface area contributed by atoms with Crippen molar-refractivity contribution in [2.45, 2.75) is 0 Å². The van der Waals surface area contributed by atoms with Gasteiger partial charge in [0.25, 0.3) is 0 Å². The molecule has 1 unspecified atom stereocenters. The first-order valence-corrected chi connectivity index (χ1v) is 9.17. The van der Waals surface area contributed by atoms with Gasteiger partial charge in [-0.2, -0.15) is 4.67 Å². The van der Waals surface area contributed by atoms with Gasteiger partial charge in [0.05, 0.1) is 0 Å². The first-order valence-electron chi connectivity index (χ1n) is 3.81. The van der Waals surface area contributed by atoms with E-state index in [1.807, 2.05) is 0 Å². The summed E-state index contributed by atoms with van der Waals surface area (Å²) >= 11 is 0. The Morgan fingerprint density at radius 2 is 1.18 bits per heavy atom. The first kappa shape index (κ1) is 17.4. The van der Waals surface area contributed by atoms with Crippen molar-refractivity contribution in [1.29, 1.82) is 0 Å². The SMILES string of the molecule is O=P(O)(O)CN(CP(=O)(O)O)CP(=O)(O)OO. The van der Waals surface area contributed by atoms with Crippen molar-refractivity contribution in [3.8, 4) is 0 Å². The average Bonchev–Trinajstić information content (AvgIpc) is 1.96. The van der Waals surface area contributed by atoms with Gasteiger partial charge in [-0.1, -0.05) is 0 Å². The van der Waals surface area contributed by atoms with Gasteiger partial charge < -0.3 is 24.5 Å². The zero-order chi connectivity index (χ0) is 13.9. The Morgan fingerprint density at radius 3 is 1.41 bits per heavy atom. The van der Waals surface area contributed by atoms with E-state index in [4.69, 9.17) is 29.7 Å². The van der Waals surface area contributed by atoms with Crippen molar-refractivity contribution in [2.75, 3.05) is 18.9 Å². The topological polar surface area (TPSA) is 185 Å². The standard InChI is InChI=1S/C3H12NO10P3/c5-14-17(12,13)3-4(1-15(6,7)8)2-16(9,10)11/h5H,1-3H2,(H,12,13)(H2,6,7,8)(H2,9,10,11). The molecule has 0 aromatic heterocycles. The van der Waals surface area contributed by atoms with Gasteiger partial charge in [-0.15, -0.1) is 0 Å². The van der Waals surface area contributed by atoms with E-state index >= 15 is 0 Å². The lowest BCUT2D eigenvalue weighted by Gasteiger charge is -2.23. The molecule has 0 bridgehead atoms. The molecule has 11 nitrogen and oxygen atoms in total. The molecule has 0 aliphatic rings. The van der Waals surface area contributed by atoms with Crippen molar-refractivity contribution in [3.05, 3.63) is 0 Å². The molecule has 0 amide bonds. The molecule has 0 aliphatic carbocycles. The van der Waals surface area contributed by atoms with Crippen molar-refractivity contribution in [2.24, 2.45) is 0 Å². The summed E-state index contributed by atoms with van der Waals surface area (Å²) in [6.45, 7) is 0. The minimum Gasteiger partial charge on any atom is -0.324 e. The Kier molecular flexibility index (Phi) is 6.14. The second-order valence-electron chi connectivity index (χ2n) is 3.14. The Hall–Kier alpha value is 0.370. The second kappa shape index (κ2) is 6.01. The van der Waals surface area contributed by atoms with E-state index in [9.17, 15) is 13.7 Å². The van der Waals surface area contributed by atoms with Crippen LogP contribution in [0.4, 0.5) is 0 Å². The summed E-state index contributed by atoms with van der Waals surface area (Å²) in [5.74, 6) is 0. The van der Waals surface area contributed by atoms with Gasteiger partial charge in [0.2, 0.25) is 0 Å². The smallest absolute Gasteiger partial charge is 0.324 e. The van der Waals surface area contributed by atoms with Crippen LogP contribution in [0.5, 0.6) is 0 Å². The molecule has 0 heterocycles. The highest BCUT2D eigenvalue weighted by atomic mass is 31.2. The van der Waals surface area contributed by atoms with Gasteiger partial charge in [-0.25, -0.2) is 5.26 Å². The summed E-state index contributed by atoms with van der Waals surface area (Å²) in [5.41, 5.74) is 0. The zero-order valence-corrected chi connectivity index (χ0v) is 10.9. The fourth-order valence-electron chi connectivity index (χ4n) is 0.934. The molecule has 1 atom stereocenters. The minimum absolute atomic E-state index is 0.332. The summed E-state index contributed by atoms with van der Waals surface area (Å²) in [6.07, 6.45) is -3.46. The van der Waals surface area contributed by atoms with Gasteiger partial charge in [0.1, 0.15) is 18.9 Å². The molecule has 17 heavy (non-hydrogen) atoms. The summed E-state index contributed by atoms with van der Waals surface area (Å²) in [6, 6.07) is 0. The molecule has 6 N–H and O–H groups in total. The third-order valence-corrected chi connectivity index (χ3v) is 3.82. The molecule has 104 valence electrons. The van der Waals surface area contributed by atoms with Crippen LogP contribution in [0.25, 0.3) is 0 Å². The Morgan fingerprint density at radius 1 is 0.824 bits per heavy atom. The van der Waals surface area contributed by atoms with Crippen LogP contribution >= 0.6 is 22.8 Å². The Bertz CT molecular complexity index is 358. The van der Waals surface area contributed by atoms with Gasteiger partial charge in [-0.3, -0.25) is 18.6 Å². The van der Waals surface area contributed by atoms with Crippen LogP contribution in [0, 0.1) is 0 Å². The van der Waals surface area contributed by atoms with Crippen molar-refractivity contribution in [1.82, 2.24) is 4.90 Å². The van der Waals surface area contributed by atoms with Crippen LogP contribution in [-0.4, -0.2) is 53.5 Å². The van der Waals surface area contributed by atoms with Crippen LogP contribution in [0.1, 0.15) is 0 Å². The van der Waals surface area contributed by atoms with E-state index in [0.29, 0.717) is 4.90 Å². The Balaban J connectivity index is 4.81. The average molecular weight is 315 g/mol. The number of nitrogens with zero attached hydrogens (tertiary/aromatic N) is 1. The zero-order valence-electron chi connectivity index (χ0n) is 8.23. The highest BCUT2D eigenvalue weighted by molar-refractivity contribution is 7.54. The van der Waals surface area contributed by atoms with Crippen molar-refractivity contribution < 1.29 is 48.1 Å². The first-order chi connectivity index (χ1) is 7.35. The number of hydrogen-bond acceptors (Lipinski definition) is 6. The quantitative estimate of drug-likeness (QED) is 0.196. The molecular weight excluding hydrogens is 303 g/mol. The highest BCUT2D eigenvalue weighted by Crippen LogP contribution is 2.47. The molecule has 0 aromatic rings. The molecule has 0 radical (unpaired) electrons. The van der Waals surface area contributed by atoms with E-state index in [1.54, 1.807) is 0 Å². The van der Waals surface area contributed by atoms with Crippen molar-refractivity contribution in [3.63, 3.8) is 0 Å². The molecule has 0 saturated carbocycles. The van der Waals surface area contributed by atoms with Gasteiger partial charge >= 0.3 is 22.8 Å². The molecule has 0 aliphatic heterocycles. The van der Waals surface area contributed by atoms with E-state index in [0.717, 1.165) is 0 Å². The lowest BCUT2D eigenvalue weighted by Crippen LogP contribution is -2.27. The summed E-state index contributed by atoms with van der Waals surface area (Å²) < 4.78 is 35.3. The maximum absolute atomic E-state index is 10.9. The minimum atomic E-state index is -4.69. The summed E-state index contributed by atoms with van der Waals surface area (Å²) in [7, 11) is -14.0. The largest absolute Gasteiger partial charge is 0.368 e. The number of rotatable bonds is 7. The van der Waals surface area contributed by atoms with E-state index in [2.05, 4.69) is 4.67 Å². The van der Waals surface area contributed by atoms with Crippen LogP contribution in [0.2, 0.25) is 0 Å². The van der Waals surface area contributed by atoms with Crippen LogP contribution in [0.15, 0.2) is 0 Å². The second-order valence-corrected chi connectivity index (χ2v) is 8.09. The normalized spacial score (nSPS) is 17.1. The fraction of sp³-hybridized carbons (Fsp3) is 1.00. The predicted octanol–water partition coefficient (Wildman–Crippen LogP) is -0.809. The molecule has 0 aromatic carbocycles. The number of hydrogen-bond donors (Lipinski definition) is 6. The van der Waals surface area contributed by atoms with Gasteiger partial charge in [-0.05, 0) is 0 Å². The van der Waals surface area contributed by atoms with E-state index in [1.165, 1.54) is 0 Å². The third kappa shape index (κ3) is 10.0. The van der Waals surface area contributed by atoms with Crippen molar-refractivity contribution >= 4 is 22.8 Å². The summed E-state index contributed by atoms with van der Waals surface area (Å²) in [4.78, 5) is 43.5. The molecule has 0 spiro atoms. The van der Waals surface area contributed by atoms with Crippen LogP contribution in [0.3, 0.4) is 0 Å². The lowest BCUT2D eigenvalue weighted by atomic mass is 11.0. The van der Waals surface area contributed by atoms with Crippen LogP contribution < -0.4 is 0 Å². The fourth-order valence-corrected chi connectivity index (χ4v) is 3.61.